The number of aryl methyl sites for hydroxylation is 1. The molecule has 3 aromatic heterocycles. The first kappa shape index (κ1) is 54.1. The lowest BCUT2D eigenvalue weighted by molar-refractivity contribution is -0.122. The average molecular weight is 1050 g/mol. The zero-order chi connectivity index (χ0) is 53.5. The number of rotatable bonds is 24. The van der Waals surface area contributed by atoms with Crippen LogP contribution in [0, 0.1) is 12.8 Å². The fourth-order valence-corrected chi connectivity index (χ4v) is 10.3. The number of pyridine rings is 2. The number of benzene rings is 3. The minimum Gasteiger partial charge on any atom is -0.490 e. The largest absolute Gasteiger partial charge is 0.490 e. The third-order valence-corrected chi connectivity index (χ3v) is 14.3. The molecule has 1 saturated carbocycles. The third-order valence-electron chi connectivity index (χ3n) is 14.3. The zero-order valence-corrected chi connectivity index (χ0v) is 44.2. The van der Waals surface area contributed by atoms with Gasteiger partial charge in [-0.25, -0.2) is 15.0 Å². The summed E-state index contributed by atoms with van der Waals surface area (Å²) in [6, 6.07) is 29.6. The normalized spacial score (nSPS) is 17.2. The van der Waals surface area contributed by atoms with E-state index < -0.39 is 6.04 Å². The van der Waals surface area contributed by atoms with Crippen LogP contribution in [0.25, 0.3) is 11.1 Å². The molecule has 0 bridgehead atoms. The molecule has 4 atom stereocenters. The summed E-state index contributed by atoms with van der Waals surface area (Å²) in [5.41, 5.74) is 13.3. The number of carbonyl (C=O) groups is 3. The fourth-order valence-electron chi connectivity index (χ4n) is 10.3. The van der Waals surface area contributed by atoms with Gasteiger partial charge < -0.3 is 54.6 Å². The van der Waals surface area contributed by atoms with Crippen LogP contribution in [0.2, 0.25) is 0 Å². The Kier molecular flexibility index (Phi) is 18.6. The monoisotopic (exact) mass is 1050 g/mol. The Bertz CT molecular complexity index is 2910. The van der Waals surface area contributed by atoms with E-state index in [0.717, 1.165) is 60.9 Å². The van der Waals surface area contributed by atoms with Crippen molar-refractivity contribution < 1.29 is 42.8 Å². The van der Waals surface area contributed by atoms with Crippen LogP contribution in [0.4, 0.5) is 11.5 Å². The van der Waals surface area contributed by atoms with Gasteiger partial charge in [-0.15, -0.1) is 0 Å². The van der Waals surface area contributed by atoms with Gasteiger partial charge in [0.05, 0.1) is 75.9 Å². The van der Waals surface area contributed by atoms with E-state index in [-0.39, 0.29) is 36.4 Å². The highest BCUT2D eigenvalue weighted by Crippen LogP contribution is 2.42. The molecule has 3 amide bonds. The number of hydrogen-bond donors (Lipinski definition) is 3. The number of aromatic nitrogens is 4. The zero-order valence-electron chi connectivity index (χ0n) is 44.2. The first-order valence-electron chi connectivity index (χ1n) is 26.6. The molecular formula is C59H69N9O9. The SMILES string of the molecule is COc1ccc(C(=O)N2CCc3ccc(OCc4ccc(OCCOCCOCCOCCNC(=O)[C@@H]5C[C@@H]6CCCC[C@@H]6N5c5cc([C@H](C)NC(=O)c6ccc(-c7ccc(N)cc7)cc6)nc(C)n5)cn4)cc3C2)cn1. The number of nitrogen functional groups attached to an aromatic ring is 1. The molecule has 3 aromatic carbocycles. The van der Waals surface area contributed by atoms with Gasteiger partial charge in [0.1, 0.15) is 42.4 Å². The van der Waals surface area contributed by atoms with Crippen LogP contribution >= 0.6 is 0 Å². The van der Waals surface area contributed by atoms with E-state index in [9.17, 15) is 14.4 Å². The highest BCUT2D eigenvalue weighted by Gasteiger charge is 2.46. The molecule has 0 unspecified atom stereocenters. The van der Waals surface area contributed by atoms with Crippen LogP contribution in [-0.2, 0) is 38.6 Å². The quantitative estimate of drug-likeness (QED) is 0.0396. The molecule has 2 fully saturated rings. The number of hydrogen-bond acceptors (Lipinski definition) is 15. The molecule has 4 N–H and O–H groups in total. The standard InChI is InChI=1S/C59H69N9O9/c1-39(64-57(69)44-10-8-41(9-11-44)42-12-16-48(60)17-13-42)52-34-55(66-40(2)65-52)68-53-7-5-4-6-45(53)33-54(68)58(70)61-23-25-73-26-27-74-28-29-75-30-31-76-51-20-18-49(62-36-51)38-77-50-19-14-43-22-24-67(37-47(43)32-50)59(71)46-15-21-56(72-3)63-35-46/h8-21,32,34-36,39,45,53-54H,4-7,22-31,33,37-38,60H2,1-3H3,(H,61,70)(H,64,69)/t39-,45-,53-,54-/m0/s1. The summed E-state index contributed by atoms with van der Waals surface area (Å²) in [5, 5.41) is 6.23. The second-order valence-corrected chi connectivity index (χ2v) is 19.6. The Labute approximate surface area is 450 Å². The Morgan fingerprint density at radius 2 is 1.45 bits per heavy atom. The number of nitrogens with zero attached hydrogens (tertiary/aromatic N) is 6. The lowest BCUT2D eigenvalue weighted by atomic mass is 9.84. The van der Waals surface area contributed by atoms with Gasteiger partial charge in [0.15, 0.2) is 0 Å². The van der Waals surface area contributed by atoms with Crippen LogP contribution < -0.4 is 35.5 Å². The van der Waals surface area contributed by atoms with Crippen molar-refractivity contribution in [3.63, 3.8) is 0 Å². The van der Waals surface area contributed by atoms with Gasteiger partial charge in [-0.3, -0.25) is 19.4 Å². The van der Waals surface area contributed by atoms with Gasteiger partial charge in [-0.1, -0.05) is 43.2 Å². The molecule has 18 heteroatoms. The smallest absolute Gasteiger partial charge is 0.255 e. The van der Waals surface area contributed by atoms with Crippen LogP contribution in [0.3, 0.4) is 0 Å². The summed E-state index contributed by atoms with van der Waals surface area (Å²) in [6.45, 7) is 8.27. The van der Waals surface area contributed by atoms with E-state index in [0.29, 0.717) is 123 Å². The van der Waals surface area contributed by atoms with Gasteiger partial charge in [0, 0.05) is 55.3 Å². The molecule has 1 saturated heterocycles. The minimum absolute atomic E-state index is 0.0445. The van der Waals surface area contributed by atoms with Crippen LogP contribution in [0.5, 0.6) is 17.4 Å². The van der Waals surface area contributed by atoms with Gasteiger partial charge in [-0.2, -0.15) is 0 Å². The topological polar surface area (TPSA) is 215 Å². The number of amides is 3. The van der Waals surface area contributed by atoms with Crippen molar-refractivity contribution >= 4 is 29.2 Å². The molecule has 6 aromatic rings. The van der Waals surface area contributed by atoms with Crippen molar-refractivity contribution in [1.82, 2.24) is 35.5 Å². The van der Waals surface area contributed by atoms with Crippen LogP contribution in [0.15, 0.2) is 109 Å². The Morgan fingerprint density at radius 1 is 0.740 bits per heavy atom. The molecule has 2 aliphatic heterocycles. The Balaban J connectivity index is 0.634. The van der Waals surface area contributed by atoms with Crippen molar-refractivity contribution in [2.24, 2.45) is 5.92 Å². The second kappa shape index (κ2) is 26.4. The number of fused-ring (bicyclic) bond motifs is 2. The van der Waals surface area contributed by atoms with Crippen molar-refractivity contribution in [1.29, 1.82) is 0 Å². The minimum atomic E-state index is -0.401. The van der Waals surface area contributed by atoms with Crippen molar-refractivity contribution in [2.75, 3.05) is 77.1 Å². The van der Waals surface area contributed by atoms with Gasteiger partial charge >= 0.3 is 0 Å². The van der Waals surface area contributed by atoms with Crippen molar-refractivity contribution in [2.45, 2.75) is 83.6 Å². The highest BCUT2D eigenvalue weighted by atomic mass is 16.6. The molecule has 5 heterocycles. The predicted molar refractivity (Wildman–Crippen MR) is 291 cm³/mol. The van der Waals surface area contributed by atoms with Crippen molar-refractivity contribution in [3.05, 3.63) is 149 Å². The van der Waals surface area contributed by atoms with E-state index in [1.807, 2.05) is 97.6 Å². The number of ether oxygens (including phenoxy) is 6. The summed E-state index contributed by atoms with van der Waals surface area (Å²) in [7, 11) is 1.55. The molecule has 0 spiro atoms. The molecule has 77 heavy (non-hydrogen) atoms. The first-order chi connectivity index (χ1) is 37.6. The summed E-state index contributed by atoms with van der Waals surface area (Å²) in [4.78, 5) is 62.7. The molecular weight excluding hydrogens is 979 g/mol. The summed E-state index contributed by atoms with van der Waals surface area (Å²) >= 11 is 0. The summed E-state index contributed by atoms with van der Waals surface area (Å²) in [5.74, 6) is 3.19. The molecule has 0 radical (unpaired) electrons. The summed E-state index contributed by atoms with van der Waals surface area (Å²) < 4.78 is 34.2. The second-order valence-electron chi connectivity index (χ2n) is 19.6. The maximum absolute atomic E-state index is 13.9. The van der Waals surface area contributed by atoms with E-state index >= 15 is 0 Å². The van der Waals surface area contributed by atoms with Gasteiger partial charge in [-0.05, 0) is 122 Å². The molecule has 1 aliphatic carbocycles. The molecule has 9 rings (SSSR count). The highest BCUT2D eigenvalue weighted by molar-refractivity contribution is 5.95. The molecule has 18 nitrogen and oxygen atoms in total. The van der Waals surface area contributed by atoms with Crippen molar-refractivity contribution in [3.8, 4) is 28.5 Å². The Morgan fingerprint density at radius 3 is 2.18 bits per heavy atom. The van der Waals surface area contributed by atoms with E-state index in [1.165, 1.54) is 5.56 Å². The number of anilines is 2. The molecule has 3 aliphatic rings. The number of carbonyl (C=O) groups excluding carboxylic acids is 3. The van der Waals surface area contributed by atoms with Crippen LogP contribution in [-0.4, -0.2) is 121 Å². The van der Waals surface area contributed by atoms with Crippen LogP contribution in [0.1, 0.15) is 94.1 Å². The predicted octanol–water partition coefficient (Wildman–Crippen LogP) is 7.48. The van der Waals surface area contributed by atoms with Gasteiger partial charge in [0.2, 0.25) is 11.8 Å². The lowest BCUT2D eigenvalue weighted by Gasteiger charge is -2.35. The van der Waals surface area contributed by atoms with E-state index in [1.54, 1.807) is 31.6 Å². The van der Waals surface area contributed by atoms with Gasteiger partial charge in [0.25, 0.3) is 11.8 Å². The lowest BCUT2D eigenvalue weighted by Crippen LogP contribution is -2.48. The number of nitrogens with two attached hydrogens (primary N) is 1. The maximum atomic E-state index is 13.9. The van der Waals surface area contributed by atoms with E-state index in [4.69, 9.17) is 44.1 Å². The first-order valence-corrected chi connectivity index (χ1v) is 26.6. The average Bonchev–Trinajstić information content (AvgIpc) is 3.90. The summed E-state index contributed by atoms with van der Waals surface area (Å²) in [6.07, 6.45) is 9.07. The maximum Gasteiger partial charge on any atom is 0.255 e. The number of nitrogens with one attached hydrogen (secondary N) is 2. The third kappa shape index (κ3) is 14.4. The molecule has 404 valence electrons. The van der Waals surface area contributed by atoms with E-state index in [2.05, 4.69) is 31.6 Å². The number of methoxy groups -OCH3 is 1. The Hall–Kier alpha value is -7.67. The fraction of sp³-hybridized carbons (Fsp3) is 0.407.